The van der Waals surface area contributed by atoms with Gasteiger partial charge in [-0.05, 0) is 90.3 Å². The van der Waals surface area contributed by atoms with Crippen LogP contribution in [0.5, 0.6) is 0 Å². The standard InChI is InChI=1S/C41H48BrN9O6/c1-46-23-28(20-29(24-46)44-31-21-43-47(2)41(57)36(31)42)26-6-8-27(9-7-26)38(54)50-18-16-48(17-19-50)22-25-12-14-49(15-13-25)32-5-3-4-30-35(32)40(56)51(39(30)55)33-10-11-34(52)45-37(33)53/h3-9,21,25,28-29,33,44H,10-20,22-24H2,1-2H3,(H,45,52,53). The second kappa shape index (κ2) is 16.1. The van der Waals surface area contributed by atoms with Gasteiger partial charge in [-0.15, -0.1) is 0 Å². The average molecular weight is 843 g/mol. The molecule has 3 unspecified atom stereocenters. The van der Waals surface area contributed by atoms with Crippen LogP contribution in [0.1, 0.15) is 74.7 Å². The number of piperazine rings is 1. The minimum absolute atomic E-state index is 0.0532. The van der Waals surface area contributed by atoms with Crippen molar-refractivity contribution in [3.63, 3.8) is 0 Å². The Kier molecular flexibility index (Phi) is 11.0. The second-order valence-corrected chi connectivity index (χ2v) is 16.9. The molecule has 8 rings (SSSR count). The number of aryl methyl sites for hydroxylation is 1. The van der Waals surface area contributed by atoms with Crippen LogP contribution in [0.3, 0.4) is 0 Å². The molecule has 1 aromatic heterocycles. The molecule has 4 fully saturated rings. The molecule has 5 aliphatic rings. The van der Waals surface area contributed by atoms with E-state index in [0.717, 1.165) is 75.7 Å². The fourth-order valence-electron chi connectivity index (χ4n) is 9.19. The number of aromatic nitrogens is 2. The van der Waals surface area contributed by atoms with Gasteiger partial charge in [-0.1, -0.05) is 18.2 Å². The molecule has 6 heterocycles. The number of piperidine rings is 3. The quantitative estimate of drug-likeness (QED) is 0.321. The van der Waals surface area contributed by atoms with E-state index in [-0.39, 0.29) is 36.3 Å². The lowest BCUT2D eigenvalue weighted by Crippen LogP contribution is -2.54. The summed E-state index contributed by atoms with van der Waals surface area (Å²) in [5.41, 5.74) is 3.75. The van der Waals surface area contributed by atoms with Crippen molar-refractivity contribution in [3.8, 4) is 0 Å². The molecule has 15 nitrogen and oxygen atoms in total. The molecule has 57 heavy (non-hydrogen) atoms. The van der Waals surface area contributed by atoms with E-state index in [1.807, 2.05) is 23.1 Å². The van der Waals surface area contributed by atoms with Gasteiger partial charge in [0.05, 0.1) is 28.7 Å². The number of nitrogens with one attached hydrogen (secondary N) is 2. The zero-order chi connectivity index (χ0) is 40.0. The summed E-state index contributed by atoms with van der Waals surface area (Å²) in [6.07, 6.45) is 4.64. The molecule has 300 valence electrons. The van der Waals surface area contributed by atoms with Gasteiger partial charge in [-0.25, -0.2) is 4.68 Å². The van der Waals surface area contributed by atoms with E-state index in [4.69, 9.17) is 0 Å². The Labute approximate surface area is 339 Å². The normalized spacial score (nSPS) is 23.8. The highest BCUT2D eigenvalue weighted by Crippen LogP contribution is 2.36. The van der Waals surface area contributed by atoms with Gasteiger partial charge in [0.1, 0.15) is 10.5 Å². The van der Waals surface area contributed by atoms with Crippen LogP contribution < -0.4 is 21.1 Å². The number of likely N-dealkylation sites (tertiary alicyclic amines) is 1. The zero-order valence-corrected chi connectivity index (χ0v) is 33.9. The summed E-state index contributed by atoms with van der Waals surface area (Å²) in [4.78, 5) is 87.0. The fourth-order valence-corrected chi connectivity index (χ4v) is 9.67. The number of fused-ring (bicyclic) bond motifs is 1. The van der Waals surface area contributed by atoms with E-state index < -0.39 is 29.7 Å². The Hall–Kier alpha value is -4.93. The number of rotatable bonds is 8. The molecule has 4 saturated heterocycles. The number of hydrogen-bond acceptors (Lipinski definition) is 11. The van der Waals surface area contributed by atoms with Gasteiger partial charge in [0.25, 0.3) is 23.3 Å². The van der Waals surface area contributed by atoms with E-state index in [1.54, 1.807) is 25.4 Å². The van der Waals surface area contributed by atoms with Crippen molar-refractivity contribution in [3.05, 3.63) is 85.7 Å². The third-order valence-electron chi connectivity index (χ3n) is 12.3. The number of anilines is 2. The monoisotopic (exact) mass is 841 g/mol. The number of imide groups is 2. The number of likely N-dealkylation sites (N-methyl/N-ethyl adjacent to an activating group) is 1. The summed E-state index contributed by atoms with van der Waals surface area (Å²) in [5, 5.41) is 9.93. The van der Waals surface area contributed by atoms with Gasteiger partial charge in [0.15, 0.2) is 0 Å². The number of nitrogens with zero attached hydrogens (tertiary/aromatic N) is 7. The summed E-state index contributed by atoms with van der Waals surface area (Å²) in [7, 11) is 3.73. The number of halogens is 1. The highest BCUT2D eigenvalue weighted by atomic mass is 79.9. The molecule has 3 aromatic rings. The molecular formula is C41H48BrN9O6. The van der Waals surface area contributed by atoms with Gasteiger partial charge in [0.2, 0.25) is 11.8 Å². The predicted molar refractivity (Wildman–Crippen MR) is 216 cm³/mol. The maximum Gasteiger partial charge on any atom is 0.282 e. The molecule has 0 bridgehead atoms. The molecule has 2 aromatic carbocycles. The van der Waals surface area contributed by atoms with E-state index in [9.17, 15) is 28.8 Å². The van der Waals surface area contributed by atoms with Crippen molar-refractivity contribution in [1.29, 1.82) is 0 Å². The Morgan fingerprint density at radius 2 is 1.63 bits per heavy atom. The second-order valence-electron chi connectivity index (χ2n) is 16.1. The molecule has 0 spiro atoms. The van der Waals surface area contributed by atoms with Gasteiger partial charge in [-0.3, -0.25) is 43.9 Å². The first-order chi connectivity index (χ1) is 27.4. The Morgan fingerprint density at radius 1 is 0.895 bits per heavy atom. The molecular weight excluding hydrogens is 794 g/mol. The third kappa shape index (κ3) is 7.86. The van der Waals surface area contributed by atoms with Crippen molar-refractivity contribution < 1.29 is 24.0 Å². The van der Waals surface area contributed by atoms with Crippen molar-refractivity contribution in [2.45, 2.75) is 50.1 Å². The van der Waals surface area contributed by atoms with Gasteiger partial charge < -0.3 is 20.0 Å². The average Bonchev–Trinajstić information content (AvgIpc) is 3.47. The van der Waals surface area contributed by atoms with E-state index in [1.165, 1.54) is 10.2 Å². The van der Waals surface area contributed by atoms with E-state index in [2.05, 4.69) is 65.5 Å². The molecule has 16 heteroatoms. The van der Waals surface area contributed by atoms with Crippen molar-refractivity contribution in [2.75, 3.05) is 76.2 Å². The van der Waals surface area contributed by atoms with Gasteiger partial charge in [-0.2, -0.15) is 5.10 Å². The third-order valence-corrected chi connectivity index (χ3v) is 13.0. The van der Waals surface area contributed by atoms with Crippen LogP contribution >= 0.6 is 15.9 Å². The van der Waals surface area contributed by atoms with Crippen molar-refractivity contribution in [1.82, 2.24) is 34.7 Å². The minimum atomic E-state index is -0.987. The van der Waals surface area contributed by atoms with E-state index >= 15 is 0 Å². The lowest BCUT2D eigenvalue weighted by Gasteiger charge is -2.39. The molecule has 0 aliphatic carbocycles. The van der Waals surface area contributed by atoms with Crippen molar-refractivity contribution >= 4 is 56.8 Å². The van der Waals surface area contributed by atoms with Crippen LogP contribution in [0.4, 0.5) is 11.4 Å². The maximum atomic E-state index is 13.6. The first kappa shape index (κ1) is 38.9. The molecule has 2 N–H and O–H groups in total. The Bertz CT molecular complexity index is 2140. The highest BCUT2D eigenvalue weighted by molar-refractivity contribution is 9.10. The number of carbonyl (C=O) groups excluding carboxylic acids is 5. The summed E-state index contributed by atoms with van der Waals surface area (Å²) in [5.74, 6) is -1.17. The zero-order valence-electron chi connectivity index (χ0n) is 32.3. The number of benzene rings is 2. The summed E-state index contributed by atoms with van der Waals surface area (Å²) in [6, 6.07) is 12.5. The fraction of sp³-hybridized carbons (Fsp3) is 0.488. The lowest BCUT2D eigenvalue weighted by molar-refractivity contribution is -0.136. The van der Waals surface area contributed by atoms with Crippen molar-refractivity contribution in [2.24, 2.45) is 13.0 Å². The number of amides is 5. The molecule has 0 radical (unpaired) electrons. The number of hydrogen-bond donors (Lipinski definition) is 2. The SMILES string of the molecule is CN1CC(Nc2cnn(C)c(=O)c2Br)CC(c2ccc(C(=O)N3CCN(CC4CCN(c5cccc6c5C(=O)N(C5CCC(=O)NC5=O)C6=O)CC4)CC3)cc2)C1. The largest absolute Gasteiger partial charge is 0.379 e. The summed E-state index contributed by atoms with van der Waals surface area (Å²) in [6.45, 7) is 7.14. The van der Waals surface area contributed by atoms with Crippen LogP contribution in [0.25, 0.3) is 0 Å². The Balaban J connectivity index is 0.811. The first-order valence-electron chi connectivity index (χ1n) is 19.8. The van der Waals surface area contributed by atoms with Crippen LogP contribution in [-0.4, -0.2) is 137 Å². The molecule has 0 saturated carbocycles. The van der Waals surface area contributed by atoms with Gasteiger partial charge in [0, 0.05) is 84.0 Å². The smallest absolute Gasteiger partial charge is 0.282 e. The maximum absolute atomic E-state index is 13.6. The minimum Gasteiger partial charge on any atom is -0.379 e. The van der Waals surface area contributed by atoms with Crippen LogP contribution in [0.2, 0.25) is 0 Å². The topological polar surface area (TPSA) is 160 Å². The van der Waals surface area contributed by atoms with Gasteiger partial charge >= 0.3 is 0 Å². The molecule has 3 atom stereocenters. The summed E-state index contributed by atoms with van der Waals surface area (Å²) < 4.78 is 1.78. The van der Waals surface area contributed by atoms with Crippen LogP contribution in [0, 0.1) is 5.92 Å². The molecule has 5 aliphatic heterocycles. The first-order valence-corrected chi connectivity index (χ1v) is 20.6. The summed E-state index contributed by atoms with van der Waals surface area (Å²) >= 11 is 3.42. The number of carbonyl (C=O) groups is 5. The van der Waals surface area contributed by atoms with Crippen LogP contribution in [-0.2, 0) is 16.6 Å². The predicted octanol–water partition coefficient (Wildman–Crippen LogP) is 2.52. The van der Waals surface area contributed by atoms with Crippen LogP contribution in [0.15, 0.2) is 57.9 Å². The Morgan fingerprint density at radius 3 is 2.35 bits per heavy atom. The van der Waals surface area contributed by atoms with E-state index in [0.29, 0.717) is 45.9 Å². The lowest BCUT2D eigenvalue weighted by atomic mass is 9.87. The molecule has 5 amide bonds. The highest BCUT2D eigenvalue weighted by Gasteiger charge is 2.46.